The van der Waals surface area contributed by atoms with Crippen molar-refractivity contribution in [2.24, 2.45) is 0 Å². The lowest BCUT2D eigenvalue weighted by atomic mass is 10.1. The Hall–Kier alpha value is -1.10. The van der Waals surface area contributed by atoms with Gasteiger partial charge in [0.1, 0.15) is 17.3 Å². The van der Waals surface area contributed by atoms with E-state index < -0.39 is 11.9 Å². The van der Waals surface area contributed by atoms with Crippen molar-refractivity contribution in [1.82, 2.24) is 0 Å². The second-order valence-corrected chi connectivity index (χ2v) is 5.30. The summed E-state index contributed by atoms with van der Waals surface area (Å²) < 4.78 is 19.3. The minimum absolute atomic E-state index is 0.340. The van der Waals surface area contributed by atoms with E-state index in [0.717, 1.165) is 0 Å². The number of hydrogen-bond donors (Lipinski definition) is 1. The van der Waals surface area contributed by atoms with E-state index in [1.807, 2.05) is 0 Å². The molecule has 0 saturated heterocycles. The predicted octanol–water partition coefficient (Wildman–Crippen LogP) is 5.09. The summed E-state index contributed by atoms with van der Waals surface area (Å²) >= 11 is 9.35. The monoisotopic (exact) mass is 344 g/mol. The minimum Gasteiger partial charge on any atom is -0.455 e. The molecule has 2 aromatic carbocycles. The van der Waals surface area contributed by atoms with Crippen molar-refractivity contribution in [2.75, 3.05) is 0 Å². The van der Waals surface area contributed by atoms with E-state index >= 15 is 0 Å². The highest BCUT2D eigenvalue weighted by molar-refractivity contribution is 9.10. The lowest BCUT2D eigenvalue weighted by molar-refractivity contribution is 0.199. The van der Waals surface area contributed by atoms with Crippen molar-refractivity contribution in [1.29, 1.82) is 0 Å². The van der Waals surface area contributed by atoms with Crippen LogP contribution >= 0.6 is 27.5 Å². The van der Waals surface area contributed by atoms with Gasteiger partial charge < -0.3 is 9.84 Å². The molecule has 0 bridgehead atoms. The lowest BCUT2D eigenvalue weighted by Gasteiger charge is -2.11. The maximum absolute atomic E-state index is 13.2. The van der Waals surface area contributed by atoms with Gasteiger partial charge in [-0.3, -0.25) is 0 Å². The average molecular weight is 346 g/mol. The summed E-state index contributed by atoms with van der Waals surface area (Å²) in [5.41, 5.74) is 0.690. The van der Waals surface area contributed by atoms with Gasteiger partial charge in [-0.2, -0.15) is 0 Å². The Kier molecular flexibility index (Phi) is 4.45. The highest BCUT2D eigenvalue weighted by Gasteiger charge is 2.10. The zero-order chi connectivity index (χ0) is 14.0. The van der Waals surface area contributed by atoms with E-state index in [-0.39, 0.29) is 0 Å². The maximum Gasteiger partial charge on any atom is 0.146 e. The molecular formula is C14H11BrClFO2. The normalized spacial score (nSPS) is 12.3. The molecule has 0 spiro atoms. The van der Waals surface area contributed by atoms with Gasteiger partial charge in [-0.25, -0.2) is 4.39 Å². The maximum atomic E-state index is 13.2. The molecule has 19 heavy (non-hydrogen) atoms. The number of ether oxygens (including phenoxy) is 1. The van der Waals surface area contributed by atoms with Crippen molar-refractivity contribution < 1.29 is 14.2 Å². The molecule has 100 valence electrons. The average Bonchev–Trinajstić information content (AvgIpc) is 2.36. The molecule has 0 amide bonds. The van der Waals surface area contributed by atoms with Crippen LogP contribution in [-0.4, -0.2) is 5.11 Å². The molecule has 0 radical (unpaired) electrons. The Morgan fingerprint density at radius 1 is 1.21 bits per heavy atom. The molecule has 2 nitrogen and oxygen atoms in total. The van der Waals surface area contributed by atoms with E-state index in [1.165, 1.54) is 12.1 Å². The standard InChI is InChI=1S/C14H11BrClFO2/c1-8(18)9-2-5-13(12(16)6-9)19-14-7-10(17)3-4-11(14)15/h2-8,18H,1H3/t8-/m1/s1. The van der Waals surface area contributed by atoms with Crippen molar-refractivity contribution >= 4 is 27.5 Å². The Labute approximate surface area is 123 Å². The molecule has 0 aliphatic carbocycles. The van der Waals surface area contributed by atoms with E-state index in [2.05, 4.69) is 15.9 Å². The van der Waals surface area contributed by atoms with Crippen LogP contribution in [0.1, 0.15) is 18.6 Å². The van der Waals surface area contributed by atoms with Crippen LogP contribution in [0.15, 0.2) is 40.9 Å². The molecule has 0 heterocycles. The summed E-state index contributed by atoms with van der Waals surface area (Å²) in [4.78, 5) is 0. The second kappa shape index (κ2) is 5.90. The second-order valence-electron chi connectivity index (χ2n) is 4.04. The third-order valence-corrected chi connectivity index (χ3v) is 3.50. The number of halogens is 3. The molecular weight excluding hydrogens is 335 g/mol. The SMILES string of the molecule is C[C@@H](O)c1ccc(Oc2cc(F)ccc2Br)c(Cl)c1. The fraction of sp³-hybridized carbons (Fsp3) is 0.143. The van der Waals surface area contributed by atoms with Gasteiger partial charge in [0.25, 0.3) is 0 Å². The van der Waals surface area contributed by atoms with Gasteiger partial charge in [-0.15, -0.1) is 0 Å². The van der Waals surface area contributed by atoms with E-state index in [4.69, 9.17) is 16.3 Å². The van der Waals surface area contributed by atoms with Crippen LogP contribution in [0.25, 0.3) is 0 Å². The molecule has 0 aliphatic rings. The fourth-order valence-electron chi connectivity index (χ4n) is 1.53. The highest BCUT2D eigenvalue weighted by Crippen LogP contribution is 2.35. The Morgan fingerprint density at radius 3 is 2.58 bits per heavy atom. The van der Waals surface area contributed by atoms with Gasteiger partial charge in [0.15, 0.2) is 0 Å². The predicted molar refractivity (Wildman–Crippen MR) is 76.3 cm³/mol. The van der Waals surface area contributed by atoms with Gasteiger partial charge >= 0.3 is 0 Å². The molecule has 5 heteroatoms. The zero-order valence-corrected chi connectivity index (χ0v) is 12.4. The fourth-order valence-corrected chi connectivity index (χ4v) is 2.09. The molecule has 1 N–H and O–H groups in total. The third kappa shape index (κ3) is 3.47. The van der Waals surface area contributed by atoms with Crippen LogP contribution < -0.4 is 4.74 Å². The minimum atomic E-state index is -0.604. The van der Waals surface area contributed by atoms with Crippen LogP contribution in [0.3, 0.4) is 0 Å². The molecule has 0 aliphatic heterocycles. The Balaban J connectivity index is 2.31. The summed E-state index contributed by atoms with van der Waals surface area (Å²) in [6, 6.07) is 9.12. The number of hydrogen-bond acceptors (Lipinski definition) is 2. The molecule has 0 saturated carbocycles. The van der Waals surface area contributed by atoms with Gasteiger partial charge in [0.05, 0.1) is 15.6 Å². The molecule has 0 aromatic heterocycles. The van der Waals surface area contributed by atoms with Crippen LogP contribution in [-0.2, 0) is 0 Å². The molecule has 0 unspecified atom stereocenters. The van der Waals surface area contributed by atoms with Crippen molar-refractivity contribution in [3.63, 3.8) is 0 Å². The first-order valence-electron chi connectivity index (χ1n) is 5.58. The van der Waals surface area contributed by atoms with Crippen molar-refractivity contribution in [3.8, 4) is 11.5 Å². The van der Waals surface area contributed by atoms with E-state index in [9.17, 15) is 9.50 Å². The first-order chi connectivity index (χ1) is 8.97. The molecule has 2 aromatic rings. The quantitative estimate of drug-likeness (QED) is 0.840. The van der Waals surface area contributed by atoms with Gasteiger partial charge in [-0.05, 0) is 52.7 Å². The number of benzene rings is 2. The van der Waals surface area contributed by atoms with Gasteiger partial charge in [0, 0.05) is 6.07 Å². The number of rotatable bonds is 3. The molecule has 1 atom stereocenters. The van der Waals surface area contributed by atoms with E-state index in [1.54, 1.807) is 31.2 Å². The molecule has 0 fully saturated rings. The summed E-state index contributed by atoms with van der Waals surface area (Å²) in [5, 5.41) is 9.81. The summed E-state index contributed by atoms with van der Waals surface area (Å²) in [6.45, 7) is 1.65. The van der Waals surface area contributed by atoms with Crippen LogP contribution in [0, 0.1) is 5.82 Å². The summed E-state index contributed by atoms with van der Waals surface area (Å²) in [6.07, 6.45) is -0.604. The molecule has 2 rings (SSSR count). The van der Waals surface area contributed by atoms with E-state index in [0.29, 0.717) is 26.6 Å². The number of aliphatic hydroxyl groups is 1. The largest absolute Gasteiger partial charge is 0.455 e. The zero-order valence-electron chi connectivity index (χ0n) is 10.0. The highest BCUT2D eigenvalue weighted by atomic mass is 79.9. The summed E-state index contributed by atoms with van der Waals surface area (Å²) in [7, 11) is 0. The number of aliphatic hydroxyl groups excluding tert-OH is 1. The third-order valence-electron chi connectivity index (χ3n) is 2.55. The van der Waals surface area contributed by atoms with Crippen LogP contribution in [0.5, 0.6) is 11.5 Å². The Morgan fingerprint density at radius 2 is 1.95 bits per heavy atom. The smallest absolute Gasteiger partial charge is 0.146 e. The van der Waals surface area contributed by atoms with Gasteiger partial charge in [0.2, 0.25) is 0 Å². The topological polar surface area (TPSA) is 29.5 Å². The summed E-state index contributed by atoms with van der Waals surface area (Å²) in [5.74, 6) is 0.346. The van der Waals surface area contributed by atoms with Crippen molar-refractivity contribution in [3.05, 3.63) is 57.3 Å². The van der Waals surface area contributed by atoms with Crippen LogP contribution in [0.4, 0.5) is 4.39 Å². The first-order valence-corrected chi connectivity index (χ1v) is 6.75. The Bertz CT molecular complexity index is 602. The van der Waals surface area contributed by atoms with Crippen molar-refractivity contribution in [2.45, 2.75) is 13.0 Å². The van der Waals surface area contributed by atoms with Gasteiger partial charge in [-0.1, -0.05) is 17.7 Å². The van der Waals surface area contributed by atoms with Crippen LogP contribution in [0.2, 0.25) is 5.02 Å². The lowest BCUT2D eigenvalue weighted by Crippen LogP contribution is -1.93. The first kappa shape index (κ1) is 14.3.